The van der Waals surface area contributed by atoms with Crippen LogP contribution in [0.15, 0.2) is 66.4 Å². The lowest BCUT2D eigenvalue weighted by Crippen LogP contribution is -2.44. The normalized spacial score (nSPS) is 14.4. The Morgan fingerprint density at radius 2 is 1.74 bits per heavy atom. The molecule has 3 rings (SSSR count). The number of amides is 1. The third-order valence-electron chi connectivity index (χ3n) is 4.46. The van der Waals surface area contributed by atoms with Crippen LogP contribution < -0.4 is 15.0 Å². The lowest BCUT2D eigenvalue weighted by molar-refractivity contribution is -0.112. The topological polar surface area (TPSA) is 68.6 Å². The van der Waals surface area contributed by atoms with E-state index in [0.29, 0.717) is 11.4 Å². The molecule has 0 atom stereocenters. The number of methoxy groups -OCH3 is 1. The predicted octanol–water partition coefficient (Wildman–Crippen LogP) is 2.86. The molecule has 138 valence electrons. The number of nitriles is 1. The van der Waals surface area contributed by atoms with Crippen LogP contribution >= 0.6 is 0 Å². The predicted molar refractivity (Wildman–Crippen MR) is 106 cm³/mol. The third-order valence-corrected chi connectivity index (χ3v) is 4.46. The van der Waals surface area contributed by atoms with E-state index in [1.165, 1.54) is 5.69 Å². The highest BCUT2D eigenvalue weighted by atomic mass is 16.5. The van der Waals surface area contributed by atoms with Crippen LogP contribution in [0.5, 0.6) is 5.75 Å². The first-order chi connectivity index (χ1) is 13.2. The maximum Gasteiger partial charge on any atom is 0.267 e. The van der Waals surface area contributed by atoms with Gasteiger partial charge in [-0.2, -0.15) is 5.26 Å². The van der Waals surface area contributed by atoms with Gasteiger partial charge in [-0.1, -0.05) is 18.2 Å². The van der Waals surface area contributed by atoms with Crippen LogP contribution in [0.1, 0.15) is 0 Å². The van der Waals surface area contributed by atoms with Crippen molar-refractivity contribution in [2.75, 3.05) is 43.5 Å². The summed E-state index contributed by atoms with van der Waals surface area (Å²) in [5.74, 6) is 0.300. The number of benzene rings is 2. The van der Waals surface area contributed by atoms with E-state index in [1.807, 2.05) is 29.2 Å². The van der Waals surface area contributed by atoms with Crippen molar-refractivity contribution in [3.63, 3.8) is 0 Å². The number of para-hydroxylation sites is 1. The summed E-state index contributed by atoms with van der Waals surface area (Å²) < 4.78 is 5.10. The van der Waals surface area contributed by atoms with Crippen LogP contribution in [0.3, 0.4) is 0 Å². The number of hydrogen-bond acceptors (Lipinski definition) is 5. The second kappa shape index (κ2) is 8.77. The molecule has 2 aromatic rings. The first kappa shape index (κ1) is 18.3. The average molecular weight is 362 g/mol. The third kappa shape index (κ3) is 4.79. The number of piperazine rings is 1. The standard InChI is InChI=1S/C21H22N4O2/c1-27-20-9-7-18(8-10-20)23-21(26)17(15-22)16-24-11-13-25(14-12-24)19-5-3-2-4-6-19/h2-10,16H,11-14H2,1H3,(H,23,26)/b17-16+. The van der Waals surface area contributed by atoms with Gasteiger partial charge in [-0.3, -0.25) is 4.79 Å². The molecule has 1 N–H and O–H groups in total. The number of hydrogen-bond donors (Lipinski definition) is 1. The smallest absolute Gasteiger partial charge is 0.267 e. The molecule has 1 fully saturated rings. The molecule has 2 aromatic carbocycles. The van der Waals surface area contributed by atoms with Crippen molar-refractivity contribution in [3.05, 3.63) is 66.4 Å². The second-order valence-corrected chi connectivity index (χ2v) is 6.20. The molecule has 1 amide bonds. The van der Waals surface area contributed by atoms with Gasteiger partial charge in [0.2, 0.25) is 0 Å². The maximum atomic E-state index is 12.4. The number of rotatable bonds is 5. The van der Waals surface area contributed by atoms with E-state index in [0.717, 1.165) is 26.2 Å². The zero-order valence-corrected chi connectivity index (χ0v) is 15.3. The minimum atomic E-state index is -0.409. The summed E-state index contributed by atoms with van der Waals surface area (Å²) in [6, 6.07) is 19.2. The number of carbonyl (C=O) groups excluding carboxylic acids is 1. The molecular weight excluding hydrogens is 340 g/mol. The van der Waals surface area contributed by atoms with Crippen molar-refractivity contribution in [2.45, 2.75) is 0 Å². The van der Waals surface area contributed by atoms with Gasteiger partial charge in [-0.15, -0.1) is 0 Å². The van der Waals surface area contributed by atoms with E-state index >= 15 is 0 Å². The van der Waals surface area contributed by atoms with Gasteiger partial charge in [-0.05, 0) is 36.4 Å². The van der Waals surface area contributed by atoms with Crippen LogP contribution in [0.2, 0.25) is 0 Å². The Kier molecular flexibility index (Phi) is 5.95. The molecule has 0 saturated carbocycles. The number of nitrogens with zero attached hydrogens (tertiary/aromatic N) is 3. The monoisotopic (exact) mass is 362 g/mol. The van der Waals surface area contributed by atoms with Crippen molar-refractivity contribution in [2.24, 2.45) is 0 Å². The van der Waals surface area contributed by atoms with Crippen LogP contribution in [-0.4, -0.2) is 44.1 Å². The van der Waals surface area contributed by atoms with Crippen molar-refractivity contribution in [3.8, 4) is 11.8 Å². The summed E-state index contributed by atoms with van der Waals surface area (Å²) in [4.78, 5) is 16.7. The highest BCUT2D eigenvalue weighted by molar-refractivity contribution is 6.06. The summed E-state index contributed by atoms with van der Waals surface area (Å²) in [5.41, 5.74) is 1.91. The van der Waals surface area contributed by atoms with Gasteiger partial charge in [0.25, 0.3) is 5.91 Å². The Hall–Kier alpha value is -3.46. The lowest BCUT2D eigenvalue weighted by atomic mass is 10.2. The minimum Gasteiger partial charge on any atom is -0.497 e. The SMILES string of the molecule is COc1ccc(NC(=O)/C(C#N)=C/N2CCN(c3ccccc3)CC2)cc1. The van der Waals surface area contributed by atoms with Gasteiger partial charge >= 0.3 is 0 Å². The first-order valence-electron chi connectivity index (χ1n) is 8.81. The van der Waals surface area contributed by atoms with Gasteiger partial charge in [0.15, 0.2) is 0 Å². The van der Waals surface area contributed by atoms with Crippen molar-refractivity contribution in [1.29, 1.82) is 5.26 Å². The molecular formula is C21H22N4O2. The van der Waals surface area contributed by atoms with E-state index < -0.39 is 5.91 Å². The van der Waals surface area contributed by atoms with Crippen LogP contribution in [0.25, 0.3) is 0 Å². The lowest BCUT2D eigenvalue weighted by Gasteiger charge is -2.35. The Bertz CT molecular complexity index is 833. The quantitative estimate of drug-likeness (QED) is 0.654. The van der Waals surface area contributed by atoms with Crippen LogP contribution in [0.4, 0.5) is 11.4 Å². The summed E-state index contributed by atoms with van der Waals surface area (Å²) in [6.45, 7) is 3.21. The fraction of sp³-hybridized carbons (Fsp3) is 0.238. The van der Waals surface area contributed by atoms with Gasteiger partial charge in [0.1, 0.15) is 17.4 Å². The van der Waals surface area contributed by atoms with Crippen LogP contribution in [0, 0.1) is 11.3 Å². The summed E-state index contributed by atoms with van der Waals surface area (Å²) in [6.07, 6.45) is 1.65. The van der Waals surface area contributed by atoms with Crippen molar-refractivity contribution in [1.82, 2.24) is 4.90 Å². The average Bonchev–Trinajstić information content (AvgIpc) is 2.73. The number of nitrogens with one attached hydrogen (secondary N) is 1. The molecule has 1 aliphatic rings. The van der Waals surface area contributed by atoms with E-state index in [-0.39, 0.29) is 5.57 Å². The zero-order valence-electron chi connectivity index (χ0n) is 15.3. The molecule has 0 radical (unpaired) electrons. The Labute approximate surface area is 159 Å². The van der Waals surface area contributed by atoms with Crippen molar-refractivity contribution < 1.29 is 9.53 Å². The Balaban J connectivity index is 1.59. The minimum absolute atomic E-state index is 0.0963. The van der Waals surface area contributed by atoms with Gasteiger partial charge < -0.3 is 19.9 Å². The maximum absolute atomic E-state index is 12.4. The van der Waals surface area contributed by atoms with Gasteiger partial charge in [0, 0.05) is 43.8 Å². The molecule has 0 aromatic heterocycles. The van der Waals surface area contributed by atoms with E-state index in [9.17, 15) is 10.1 Å². The molecule has 1 aliphatic heterocycles. The molecule has 6 heteroatoms. The number of carbonyl (C=O) groups is 1. The first-order valence-corrected chi connectivity index (χ1v) is 8.81. The summed E-state index contributed by atoms with van der Waals surface area (Å²) in [7, 11) is 1.58. The summed E-state index contributed by atoms with van der Waals surface area (Å²) in [5, 5.41) is 12.1. The molecule has 6 nitrogen and oxygen atoms in total. The highest BCUT2D eigenvalue weighted by Gasteiger charge is 2.17. The molecule has 0 spiro atoms. The Morgan fingerprint density at radius 1 is 1.07 bits per heavy atom. The molecule has 27 heavy (non-hydrogen) atoms. The second-order valence-electron chi connectivity index (χ2n) is 6.20. The molecule has 1 heterocycles. The molecule has 0 unspecified atom stereocenters. The van der Waals surface area contributed by atoms with Gasteiger partial charge in [-0.25, -0.2) is 0 Å². The molecule has 0 bridgehead atoms. The van der Waals surface area contributed by atoms with E-state index in [1.54, 1.807) is 37.6 Å². The summed E-state index contributed by atoms with van der Waals surface area (Å²) >= 11 is 0. The van der Waals surface area contributed by atoms with E-state index in [4.69, 9.17) is 4.74 Å². The number of anilines is 2. The van der Waals surface area contributed by atoms with Crippen molar-refractivity contribution >= 4 is 17.3 Å². The molecule has 0 aliphatic carbocycles. The number of ether oxygens (including phenoxy) is 1. The van der Waals surface area contributed by atoms with Gasteiger partial charge in [0.05, 0.1) is 7.11 Å². The highest BCUT2D eigenvalue weighted by Crippen LogP contribution is 2.17. The Morgan fingerprint density at radius 3 is 2.33 bits per heavy atom. The largest absolute Gasteiger partial charge is 0.497 e. The zero-order chi connectivity index (χ0) is 19.1. The molecule has 1 saturated heterocycles. The van der Waals surface area contributed by atoms with Crippen LogP contribution in [-0.2, 0) is 4.79 Å². The fourth-order valence-electron chi connectivity index (χ4n) is 2.94. The fourth-order valence-corrected chi connectivity index (χ4v) is 2.94. The van der Waals surface area contributed by atoms with E-state index in [2.05, 4.69) is 22.3 Å².